The normalized spacial score (nSPS) is 10.5. The minimum atomic E-state index is -1.27. The fraction of sp³-hybridized carbons (Fsp3) is 0.143. The third-order valence-electron chi connectivity index (χ3n) is 2.92. The number of pyridine rings is 1. The third kappa shape index (κ3) is 2.40. The number of halogens is 1. The predicted octanol–water partition coefficient (Wildman–Crippen LogP) is 2.50. The minimum absolute atomic E-state index is 0.305. The van der Waals surface area contributed by atoms with E-state index in [9.17, 15) is 14.0 Å². The van der Waals surface area contributed by atoms with E-state index in [0.717, 1.165) is 0 Å². The molecule has 0 fully saturated rings. The zero-order chi connectivity index (χ0) is 14.2. The molecule has 98 valence electrons. The molecule has 0 aliphatic rings. The molecular weight excluding hydrogens is 249 g/mol. The van der Waals surface area contributed by atoms with E-state index in [0.29, 0.717) is 22.4 Å². The number of aryl methyl sites for hydroxylation is 2. The Morgan fingerprint density at radius 1 is 1.21 bits per heavy atom. The van der Waals surface area contributed by atoms with Crippen molar-refractivity contribution >= 4 is 5.97 Å². The molecule has 0 saturated carbocycles. The largest absolute Gasteiger partial charge is 0.477 e. The van der Waals surface area contributed by atoms with Gasteiger partial charge in [0.2, 0.25) is 0 Å². The molecule has 1 aromatic carbocycles. The van der Waals surface area contributed by atoms with E-state index >= 15 is 0 Å². The lowest BCUT2D eigenvalue weighted by atomic mass is 10.0. The number of hydrogen-bond acceptors (Lipinski definition) is 2. The topological polar surface area (TPSA) is 70.2 Å². The van der Waals surface area contributed by atoms with Gasteiger partial charge in [0, 0.05) is 0 Å². The van der Waals surface area contributed by atoms with Crippen LogP contribution in [0.15, 0.2) is 29.1 Å². The van der Waals surface area contributed by atoms with Crippen molar-refractivity contribution in [1.29, 1.82) is 0 Å². The van der Waals surface area contributed by atoms with Crippen molar-refractivity contribution in [1.82, 2.24) is 4.98 Å². The van der Waals surface area contributed by atoms with Crippen molar-refractivity contribution in [3.63, 3.8) is 0 Å². The second kappa shape index (κ2) is 4.68. The molecule has 2 rings (SSSR count). The average molecular weight is 261 g/mol. The first-order chi connectivity index (χ1) is 8.90. The Labute approximate surface area is 108 Å². The van der Waals surface area contributed by atoms with E-state index in [1.165, 1.54) is 12.1 Å². The molecule has 1 aromatic heterocycles. The van der Waals surface area contributed by atoms with Gasteiger partial charge >= 0.3 is 5.97 Å². The fourth-order valence-electron chi connectivity index (χ4n) is 1.89. The van der Waals surface area contributed by atoms with Crippen LogP contribution in [0, 0.1) is 19.7 Å². The lowest BCUT2D eigenvalue weighted by Gasteiger charge is -2.08. The molecule has 0 unspecified atom stereocenters. The summed E-state index contributed by atoms with van der Waals surface area (Å²) < 4.78 is 13.2. The zero-order valence-corrected chi connectivity index (χ0v) is 10.5. The summed E-state index contributed by atoms with van der Waals surface area (Å²) in [7, 11) is 0. The van der Waals surface area contributed by atoms with Gasteiger partial charge in [0.05, 0.1) is 5.69 Å². The number of aromatic nitrogens is 1. The maximum absolute atomic E-state index is 13.2. The number of carboxylic acid groups (broad SMARTS) is 1. The van der Waals surface area contributed by atoms with Gasteiger partial charge in [-0.05, 0) is 54.8 Å². The van der Waals surface area contributed by atoms with E-state index in [1.54, 1.807) is 26.0 Å². The highest BCUT2D eigenvalue weighted by Gasteiger charge is 2.13. The van der Waals surface area contributed by atoms with Crippen molar-refractivity contribution in [3.8, 4) is 11.3 Å². The van der Waals surface area contributed by atoms with Gasteiger partial charge in [0.25, 0.3) is 5.56 Å². The van der Waals surface area contributed by atoms with Crippen LogP contribution in [0.25, 0.3) is 11.3 Å². The summed E-state index contributed by atoms with van der Waals surface area (Å²) in [5, 5.41) is 8.86. The van der Waals surface area contributed by atoms with Crippen molar-refractivity contribution in [3.05, 3.63) is 57.1 Å². The number of benzene rings is 1. The molecule has 0 atom stereocenters. The van der Waals surface area contributed by atoms with Crippen LogP contribution in [0.2, 0.25) is 0 Å². The molecule has 5 heteroatoms. The van der Waals surface area contributed by atoms with Gasteiger partial charge in [-0.1, -0.05) is 0 Å². The van der Waals surface area contributed by atoms with Gasteiger partial charge in [-0.3, -0.25) is 4.79 Å². The van der Waals surface area contributed by atoms with Gasteiger partial charge in [-0.15, -0.1) is 0 Å². The molecule has 4 nitrogen and oxygen atoms in total. The Bertz CT molecular complexity index is 719. The Hall–Kier alpha value is -2.43. The lowest BCUT2D eigenvalue weighted by molar-refractivity contribution is 0.0695. The Balaban J connectivity index is 2.63. The van der Waals surface area contributed by atoms with Crippen LogP contribution in [0.5, 0.6) is 0 Å². The summed E-state index contributed by atoms with van der Waals surface area (Å²) >= 11 is 0. The minimum Gasteiger partial charge on any atom is -0.477 e. The Morgan fingerprint density at radius 3 is 2.47 bits per heavy atom. The molecule has 0 aliphatic heterocycles. The van der Waals surface area contributed by atoms with Gasteiger partial charge < -0.3 is 10.1 Å². The summed E-state index contributed by atoms with van der Waals surface area (Å²) in [6, 6.07) is 5.78. The van der Waals surface area contributed by atoms with Crippen molar-refractivity contribution in [2.24, 2.45) is 0 Å². The number of carbonyl (C=O) groups is 1. The fourth-order valence-corrected chi connectivity index (χ4v) is 1.89. The van der Waals surface area contributed by atoms with Crippen molar-refractivity contribution in [2.45, 2.75) is 13.8 Å². The van der Waals surface area contributed by atoms with Gasteiger partial charge in [-0.2, -0.15) is 0 Å². The zero-order valence-electron chi connectivity index (χ0n) is 10.5. The van der Waals surface area contributed by atoms with Crippen LogP contribution in [-0.4, -0.2) is 16.1 Å². The molecule has 0 bridgehead atoms. The van der Waals surface area contributed by atoms with Crippen LogP contribution >= 0.6 is 0 Å². The maximum atomic E-state index is 13.2. The number of H-pyrrole nitrogens is 1. The third-order valence-corrected chi connectivity index (χ3v) is 2.92. The highest BCUT2D eigenvalue weighted by molar-refractivity contribution is 5.88. The first kappa shape index (κ1) is 13.0. The Morgan fingerprint density at radius 2 is 1.89 bits per heavy atom. The molecule has 1 heterocycles. The summed E-state index contributed by atoms with van der Waals surface area (Å²) in [5.74, 6) is -1.60. The van der Waals surface area contributed by atoms with Crippen LogP contribution in [0.3, 0.4) is 0 Å². The van der Waals surface area contributed by atoms with Gasteiger partial charge in [-0.25, -0.2) is 9.18 Å². The van der Waals surface area contributed by atoms with Crippen molar-refractivity contribution < 1.29 is 14.3 Å². The molecule has 2 N–H and O–H groups in total. The van der Waals surface area contributed by atoms with Crippen LogP contribution in [-0.2, 0) is 0 Å². The van der Waals surface area contributed by atoms with Crippen molar-refractivity contribution in [2.75, 3.05) is 0 Å². The molecule has 0 spiro atoms. The highest BCUT2D eigenvalue weighted by atomic mass is 19.1. The standard InChI is InChI=1S/C14H12FNO3/c1-7-5-9(3-4-11(7)15)12-8(2)6-10(14(18)19)13(17)16-12/h3-6H,1-2H3,(H,16,17)(H,18,19). The summed E-state index contributed by atoms with van der Waals surface area (Å²) in [6.07, 6.45) is 0. The van der Waals surface area contributed by atoms with Crippen LogP contribution < -0.4 is 5.56 Å². The molecular formula is C14H12FNO3. The lowest BCUT2D eigenvalue weighted by Crippen LogP contribution is -2.18. The number of carboxylic acids is 1. The monoisotopic (exact) mass is 261 g/mol. The van der Waals surface area contributed by atoms with E-state index in [4.69, 9.17) is 5.11 Å². The molecule has 0 saturated heterocycles. The van der Waals surface area contributed by atoms with Gasteiger partial charge in [0.1, 0.15) is 11.4 Å². The van der Waals surface area contributed by atoms with E-state index in [1.807, 2.05) is 0 Å². The summed E-state index contributed by atoms with van der Waals surface area (Å²) in [5.41, 5.74) is 1.24. The molecule has 0 amide bonds. The number of aromatic amines is 1. The highest BCUT2D eigenvalue weighted by Crippen LogP contribution is 2.22. The second-order valence-corrected chi connectivity index (χ2v) is 4.34. The first-order valence-electron chi connectivity index (χ1n) is 5.64. The molecule has 19 heavy (non-hydrogen) atoms. The number of nitrogens with one attached hydrogen (secondary N) is 1. The molecule has 2 aromatic rings. The molecule has 0 radical (unpaired) electrons. The number of hydrogen-bond donors (Lipinski definition) is 2. The summed E-state index contributed by atoms with van der Waals surface area (Å²) in [6.45, 7) is 3.31. The summed E-state index contributed by atoms with van der Waals surface area (Å²) in [4.78, 5) is 25.0. The molecule has 0 aliphatic carbocycles. The number of aromatic carboxylic acids is 1. The SMILES string of the molecule is Cc1cc(-c2[nH]c(=O)c(C(=O)O)cc2C)ccc1F. The number of rotatable bonds is 2. The first-order valence-corrected chi connectivity index (χ1v) is 5.64. The maximum Gasteiger partial charge on any atom is 0.341 e. The Kier molecular flexibility index (Phi) is 3.21. The van der Waals surface area contributed by atoms with E-state index < -0.39 is 11.5 Å². The van der Waals surface area contributed by atoms with E-state index in [2.05, 4.69) is 4.98 Å². The van der Waals surface area contributed by atoms with Gasteiger partial charge in [0.15, 0.2) is 0 Å². The smallest absolute Gasteiger partial charge is 0.341 e. The van der Waals surface area contributed by atoms with E-state index in [-0.39, 0.29) is 11.4 Å². The quantitative estimate of drug-likeness (QED) is 0.872. The second-order valence-electron chi connectivity index (χ2n) is 4.34. The van der Waals surface area contributed by atoms with Crippen LogP contribution in [0.4, 0.5) is 4.39 Å². The average Bonchev–Trinajstić information content (AvgIpc) is 2.35. The van der Waals surface area contributed by atoms with Crippen LogP contribution in [0.1, 0.15) is 21.5 Å². The predicted molar refractivity (Wildman–Crippen MR) is 68.9 cm³/mol.